The highest BCUT2D eigenvalue weighted by Crippen LogP contribution is 2.39. The van der Waals surface area contributed by atoms with E-state index in [-0.39, 0.29) is 11.1 Å². The van der Waals surface area contributed by atoms with E-state index in [0.29, 0.717) is 11.1 Å². The summed E-state index contributed by atoms with van der Waals surface area (Å²) in [4.78, 5) is 8.04. The largest absolute Gasteiger partial charge is 0.453 e. The van der Waals surface area contributed by atoms with Gasteiger partial charge in [-0.1, -0.05) is 32.9 Å². The molecular weight excluding hydrogens is 369 g/mol. The number of fused-ring (bicyclic) bond motifs is 5. The minimum Gasteiger partial charge on any atom is -0.453 e. The van der Waals surface area contributed by atoms with E-state index in [2.05, 4.69) is 66.6 Å². The first-order chi connectivity index (χ1) is 13.7. The minimum absolute atomic E-state index is 0.0208. The van der Waals surface area contributed by atoms with Crippen molar-refractivity contribution in [3.8, 4) is 11.3 Å². The molecule has 0 fully saturated rings. The zero-order valence-corrected chi connectivity index (χ0v) is 17.0. The van der Waals surface area contributed by atoms with Crippen LogP contribution in [0.4, 0.5) is 4.39 Å². The molecule has 0 bridgehead atoms. The lowest BCUT2D eigenvalue weighted by molar-refractivity contribution is -0.660. The number of benzene rings is 1. The van der Waals surface area contributed by atoms with Crippen molar-refractivity contribution in [2.45, 2.75) is 33.1 Å². The van der Waals surface area contributed by atoms with Gasteiger partial charge in [-0.25, -0.2) is 9.55 Å². The maximum absolute atomic E-state index is 13.6. The van der Waals surface area contributed by atoms with E-state index in [1.54, 1.807) is 6.20 Å². The second kappa shape index (κ2) is 5.86. The molecule has 0 saturated carbocycles. The van der Waals surface area contributed by atoms with Gasteiger partial charge in [0.2, 0.25) is 5.69 Å². The number of pyridine rings is 2. The first kappa shape index (κ1) is 17.8. The standard InChI is InChI=1S/C23H21FN3O2/c1-12-6-7-14-15-11-25-21-18(26-22(24)29-21)20(15)28-19(14)17(12)16-10-13(23(2,3)4)8-9-27(16)5/h6-11H,1-5H3/q+1. The number of rotatable bonds is 1. The summed E-state index contributed by atoms with van der Waals surface area (Å²) < 4.78 is 26.9. The zero-order chi connectivity index (χ0) is 20.5. The van der Waals surface area contributed by atoms with Crippen LogP contribution in [0.1, 0.15) is 31.9 Å². The Morgan fingerprint density at radius 2 is 1.83 bits per heavy atom. The lowest BCUT2D eigenvalue weighted by Gasteiger charge is -2.19. The first-order valence-electron chi connectivity index (χ1n) is 9.51. The summed E-state index contributed by atoms with van der Waals surface area (Å²) in [5, 5.41) is 1.70. The Hall–Kier alpha value is -3.28. The second-order valence-corrected chi connectivity index (χ2v) is 8.52. The number of aryl methyl sites for hydroxylation is 2. The maximum atomic E-state index is 13.6. The molecule has 0 atom stereocenters. The van der Waals surface area contributed by atoms with Gasteiger partial charge in [0.05, 0.1) is 5.56 Å². The summed E-state index contributed by atoms with van der Waals surface area (Å²) >= 11 is 0. The summed E-state index contributed by atoms with van der Waals surface area (Å²) in [5.41, 5.74) is 6.06. The highest BCUT2D eigenvalue weighted by Gasteiger charge is 2.25. The lowest BCUT2D eigenvalue weighted by atomic mass is 9.86. The van der Waals surface area contributed by atoms with Crippen LogP contribution < -0.4 is 4.57 Å². The predicted octanol–water partition coefficient (Wildman–Crippen LogP) is 5.36. The zero-order valence-electron chi connectivity index (χ0n) is 17.0. The van der Waals surface area contributed by atoms with Gasteiger partial charge in [0.15, 0.2) is 17.3 Å². The van der Waals surface area contributed by atoms with Crippen molar-refractivity contribution in [1.29, 1.82) is 0 Å². The van der Waals surface area contributed by atoms with Gasteiger partial charge >= 0.3 is 6.14 Å². The van der Waals surface area contributed by atoms with Crippen molar-refractivity contribution < 1.29 is 17.8 Å². The van der Waals surface area contributed by atoms with Gasteiger partial charge in [0.1, 0.15) is 12.6 Å². The number of furan rings is 1. The molecule has 0 radical (unpaired) electrons. The molecule has 0 aliphatic heterocycles. The molecule has 29 heavy (non-hydrogen) atoms. The third-order valence-electron chi connectivity index (χ3n) is 5.49. The SMILES string of the molecule is Cc1ccc2c(oc3c2cnc2oc(F)nc23)c1-c1cc(C(C)(C)C)cc[n+]1C. The van der Waals surface area contributed by atoms with Crippen LogP contribution in [0, 0.1) is 13.1 Å². The molecule has 0 aliphatic rings. The van der Waals surface area contributed by atoms with Crippen LogP contribution in [0.25, 0.3) is 44.4 Å². The van der Waals surface area contributed by atoms with E-state index in [1.165, 1.54) is 5.56 Å². The average molecular weight is 390 g/mol. The molecule has 1 aromatic carbocycles. The third kappa shape index (κ3) is 2.63. The molecule has 0 aliphatic carbocycles. The van der Waals surface area contributed by atoms with Gasteiger partial charge in [0.25, 0.3) is 5.71 Å². The number of hydrogen-bond acceptors (Lipinski definition) is 4. The lowest BCUT2D eigenvalue weighted by Crippen LogP contribution is -2.32. The van der Waals surface area contributed by atoms with E-state index in [4.69, 9.17) is 8.83 Å². The molecule has 5 nitrogen and oxygen atoms in total. The molecule has 4 heterocycles. The van der Waals surface area contributed by atoms with Gasteiger partial charge < -0.3 is 8.83 Å². The van der Waals surface area contributed by atoms with Gasteiger partial charge in [-0.3, -0.25) is 0 Å². The Balaban J connectivity index is 1.89. The Bertz CT molecular complexity index is 1420. The molecule has 6 heteroatoms. The second-order valence-electron chi connectivity index (χ2n) is 8.52. The van der Waals surface area contributed by atoms with Crippen LogP contribution >= 0.6 is 0 Å². The Morgan fingerprint density at radius 3 is 2.59 bits per heavy atom. The van der Waals surface area contributed by atoms with Crippen molar-refractivity contribution in [3.63, 3.8) is 0 Å². The molecule has 0 amide bonds. The Kier molecular flexibility index (Phi) is 3.60. The van der Waals surface area contributed by atoms with E-state index in [9.17, 15) is 4.39 Å². The summed E-state index contributed by atoms with van der Waals surface area (Å²) in [6.07, 6.45) is 2.81. The number of aromatic nitrogens is 3. The molecule has 0 spiro atoms. The van der Waals surface area contributed by atoms with Crippen LogP contribution in [0.15, 0.2) is 45.5 Å². The number of halogens is 1. The van der Waals surface area contributed by atoms with Crippen LogP contribution in [-0.4, -0.2) is 9.97 Å². The van der Waals surface area contributed by atoms with Crippen molar-refractivity contribution in [2.24, 2.45) is 7.05 Å². The minimum atomic E-state index is -0.916. The third-order valence-corrected chi connectivity index (χ3v) is 5.49. The maximum Gasteiger partial charge on any atom is 0.384 e. The van der Waals surface area contributed by atoms with Crippen LogP contribution in [0.2, 0.25) is 0 Å². The summed E-state index contributed by atoms with van der Waals surface area (Å²) in [5.74, 6) is 0. The number of oxazole rings is 1. The van der Waals surface area contributed by atoms with Crippen LogP contribution in [-0.2, 0) is 12.5 Å². The Labute approximate surface area is 166 Å². The summed E-state index contributed by atoms with van der Waals surface area (Å²) in [6, 6.07) is 8.43. The molecule has 146 valence electrons. The van der Waals surface area contributed by atoms with E-state index < -0.39 is 6.14 Å². The summed E-state index contributed by atoms with van der Waals surface area (Å²) in [6.45, 7) is 8.65. The van der Waals surface area contributed by atoms with E-state index >= 15 is 0 Å². The number of hydrogen-bond donors (Lipinski definition) is 0. The van der Waals surface area contributed by atoms with Gasteiger partial charge in [-0.2, -0.15) is 4.98 Å². The predicted molar refractivity (Wildman–Crippen MR) is 109 cm³/mol. The van der Waals surface area contributed by atoms with E-state index in [0.717, 1.165) is 33.2 Å². The molecule has 5 rings (SSSR count). The monoisotopic (exact) mass is 390 g/mol. The fourth-order valence-corrected chi connectivity index (χ4v) is 3.83. The number of nitrogens with zero attached hydrogens (tertiary/aromatic N) is 3. The highest BCUT2D eigenvalue weighted by molar-refractivity contribution is 6.14. The topological polar surface area (TPSA) is 55.9 Å². The van der Waals surface area contributed by atoms with Crippen LogP contribution in [0.3, 0.4) is 0 Å². The normalized spacial score (nSPS) is 12.5. The van der Waals surface area contributed by atoms with Crippen molar-refractivity contribution in [1.82, 2.24) is 9.97 Å². The summed E-state index contributed by atoms with van der Waals surface area (Å²) in [7, 11) is 2.02. The van der Waals surface area contributed by atoms with Gasteiger partial charge in [-0.05, 0) is 23.5 Å². The molecular formula is C23H21FN3O2+. The van der Waals surface area contributed by atoms with Crippen molar-refractivity contribution in [2.75, 3.05) is 0 Å². The van der Waals surface area contributed by atoms with Gasteiger partial charge in [0, 0.05) is 29.1 Å². The van der Waals surface area contributed by atoms with Crippen molar-refractivity contribution in [3.05, 3.63) is 53.9 Å². The molecule has 4 aromatic heterocycles. The molecule has 0 saturated heterocycles. The smallest absolute Gasteiger partial charge is 0.384 e. The fourth-order valence-electron chi connectivity index (χ4n) is 3.83. The fraction of sp³-hybridized carbons (Fsp3) is 0.261. The van der Waals surface area contributed by atoms with E-state index in [1.807, 2.05) is 13.1 Å². The Morgan fingerprint density at radius 1 is 1.03 bits per heavy atom. The average Bonchev–Trinajstić information content (AvgIpc) is 3.21. The highest BCUT2D eigenvalue weighted by atomic mass is 19.1. The molecule has 0 N–H and O–H groups in total. The molecule has 5 aromatic rings. The van der Waals surface area contributed by atoms with Crippen LogP contribution in [0.5, 0.6) is 0 Å². The van der Waals surface area contributed by atoms with Crippen molar-refractivity contribution >= 4 is 33.2 Å². The first-order valence-corrected chi connectivity index (χ1v) is 9.51. The molecule has 0 unspecified atom stereocenters. The quantitative estimate of drug-likeness (QED) is 0.362. The van der Waals surface area contributed by atoms with Gasteiger partial charge in [-0.15, -0.1) is 4.39 Å².